The van der Waals surface area contributed by atoms with E-state index in [1.807, 2.05) is 6.92 Å². The van der Waals surface area contributed by atoms with Crippen molar-refractivity contribution in [1.82, 2.24) is 4.90 Å². The van der Waals surface area contributed by atoms with Gasteiger partial charge in [0.1, 0.15) is 35.0 Å². The number of rotatable bonds is 5. The van der Waals surface area contributed by atoms with Crippen LogP contribution in [0.2, 0.25) is 6.32 Å². The molecular weight excluding hydrogens is 403 g/mol. The van der Waals surface area contributed by atoms with Gasteiger partial charge in [0.2, 0.25) is 5.91 Å². The van der Waals surface area contributed by atoms with Crippen LogP contribution in [0.4, 0.5) is 0 Å². The number of phenols is 1. The molecule has 10 heteroatoms. The van der Waals surface area contributed by atoms with E-state index < -0.39 is 25.2 Å². The van der Waals surface area contributed by atoms with Gasteiger partial charge in [-0.2, -0.15) is 0 Å². The van der Waals surface area contributed by atoms with E-state index in [0.29, 0.717) is 23.9 Å². The quantitative estimate of drug-likeness (QED) is 0.521. The lowest BCUT2D eigenvalue weighted by molar-refractivity contribution is -0.141. The first kappa shape index (κ1) is 21.0. The molecule has 2 aromatic carbocycles. The van der Waals surface area contributed by atoms with Gasteiger partial charge in [0.25, 0.3) is 0 Å². The first-order valence-electron chi connectivity index (χ1n) is 9.99. The Hall–Kier alpha value is -3.24. The molecule has 1 fully saturated rings. The number of aromatic hydroxyl groups is 1. The molecule has 162 valence electrons. The predicted molar refractivity (Wildman–Crippen MR) is 111 cm³/mol. The average molecular weight is 426 g/mol. The van der Waals surface area contributed by atoms with Crippen molar-refractivity contribution in [2.45, 2.75) is 31.8 Å². The molecule has 2 aliphatic rings. The van der Waals surface area contributed by atoms with Crippen LogP contribution in [-0.4, -0.2) is 58.3 Å². The number of carbonyl (C=O) groups excluding carboxylic acids is 1. The monoisotopic (exact) mass is 426 g/mol. The fraction of sp³-hybridized carbons (Fsp3) is 0.333. The van der Waals surface area contributed by atoms with Crippen molar-refractivity contribution in [3.8, 4) is 17.2 Å². The van der Waals surface area contributed by atoms with Crippen molar-refractivity contribution in [2.75, 3.05) is 13.1 Å². The molecule has 1 amide bonds. The number of hydrogen-bond acceptors (Lipinski definition) is 7. The van der Waals surface area contributed by atoms with E-state index in [1.54, 1.807) is 30.3 Å². The number of nitrogens with zero attached hydrogens (tertiary/aromatic N) is 1. The van der Waals surface area contributed by atoms with Crippen LogP contribution in [0.1, 0.15) is 33.1 Å². The number of aromatic carboxylic acids is 1. The number of phenolic OH excluding ortho intramolecular Hbond substituents is 1. The van der Waals surface area contributed by atoms with Gasteiger partial charge >= 0.3 is 13.1 Å². The molecule has 0 aliphatic carbocycles. The summed E-state index contributed by atoms with van der Waals surface area (Å²) in [6, 6.07) is 7.24. The minimum absolute atomic E-state index is 0.0310. The van der Waals surface area contributed by atoms with E-state index in [-0.39, 0.29) is 41.8 Å². The van der Waals surface area contributed by atoms with Crippen molar-refractivity contribution in [2.24, 2.45) is 5.73 Å². The number of carbonyl (C=O) groups is 2. The van der Waals surface area contributed by atoms with E-state index in [2.05, 4.69) is 0 Å². The van der Waals surface area contributed by atoms with Crippen molar-refractivity contribution in [3.05, 3.63) is 52.6 Å². The lowest BCUT2D eigenvalue weighted by Gasteiger charge is -2.40. The Morgan fingerprint density at radius 2 is 2.03 bits per heavy atom. The van der Waals surface area contributed by atoms with Crippen molar-refractivity contribution < 1.29 is 34.2 Å². The highest BCUT2D eigenvalue weighted by Gasteiger charge is 2.37. The number of likely N-dealkylation sites (tertiary alicyclic amines) is 1. The van der Waals surface area contributed by atoms with E-state index in [1.165, 1.54) is 4.90 Å². The van der Waals surface area contributed by atoms with E-state index in [9.17, 15) is 24.8 Å². The molecule has 9 nitrogen and oxygen atoms in total. The summed E-state index contributed by atoms with van der Waals surface area (Å²) in [6.07, 6.45) is 0.488. The van der Waals surface area contributed by atoms with Crippen LogP contribution in [0.25, 0.3) is 0 Å². The fourth-order valence-corrected chi connectivity index (χ4v) is 3.83. The summed E-state index contributed by atoms with van der Waals surface area (Å²) in [5.41, 5.74) is 7.80. The number of aryl methyl sites for hydroxylation is 2. The molecule has 2 aliphatic heterocycles. The summed E-state index contributed by atoms with van der Waals surface area (Å²) in [5.74, 6) is -1.36. The molecule has 0 radical (unpaired) electrons. The maximum atomic E-state index is 12.7. The largest absolute Gasteiger partial charge is 0.535 e. The summed E-state index contributed by atoms with van der Waals surface area (Å²) in [6.45, 7) is 2.30. The van der Waals surface area contributed by atoms with Crippen LogP contribution in [0, 0.1) is 6.92 Å². The Kier molecular flexibility index (Phi) is 5.51. The van der Waals surface area contributed by atoms with Crippen molar-refractivity contribution in [3.63, 3.8) is 0 Å². The van der Waals surface area contributed by atoms with E-state index in [0.717, 1.165) is 5.56 Å². The smallest absolute Gasteiger partial charge is 0.522 e. The lowest BCUT2D eigenvalue weighted by atomic mass is 9.78. The average Bonchev–Trinajstić information content (AvgIpc) is 2.68. The molecule has 0 spiro atoms. The van der Waals surface area contributed by atoms with E-state index in [4.69, 9.17) is 15.1 Å². The van der Waals surface area contributed by atoms with Crippen molar-refractivity contribution in [1.29, 1.82) is 0 Å². The minimum atomic E-state index is -1.22. The molecule has 0 saturated carbocycles. The highest BCUT2D eigenvalue weighted by molar-refractivity contribution is 6.44. The maximum absolute atomic E-state index is 12.7. The van der Waals surface area contributed by atoms with Gasteiger partial charge in [0, 0.05) is 5.56 Å². The second kappa shape index (κ2) is 8.12. The zero-order chi connectivity index (χ0) is 22.3. The third kappa shape index (κ3) is 4.04. The molecule has 1 unspecified atom stereocenters. The summed E-state index contributed by atoms with van der Waals surface area (Å²) in [7, 11) is -1.06. The Balaban J connectivity index is 1.44. The second-order valence-corrected chi connectivity index (χ2v) is 7.87. The number of hydrogen-bond donors (Lipinski definition) is 4. The Morgan fingerprint density at radius 1 is 1.29 bits per heavy atom. The number of carboxylic acid groups (broad SMARTS) is 1. The van der Waals surface area contributed by atoms with Crippen LogP contribution in [0.3, 0.4) is 0 Å². The van der Waals surface area contributed by atoms with Gasteiger partial charge in [-0.05, 0) is 42.9 Å². The molecule has 1 saturated heterocycles. The van der Waals surface area contributed by atoms with E-state index >= 15 is 0 Å². The number of ether oxygens (including phenoxy) is 1. The molecule has 2 aromatic rings. The predicted octanol–water partition coefficient (Wildman–Crippen LogP) is 1.10. The molecule has 0 aromatic heterocycles. The molecule has 2 heterocycles. The Labute approximate surface area is 179 Å². The molecule has 31 heavy (non-hydrogen) atoms. The fourth-order valence-electron chi connectivity index (χ4n) is 3.83. The third-order valence-corrected chi connectivity index (χ3v) is 5.57. The van der Waals surface area contributed by atoms with Crippen LogP contribution in [0.5, 0.6) is 17.2 Å². The van der Waals surface area contributed by atoms with Crippen LogP contribution < -0.4 is 15.1 Å². The first-order chi connectivity index (χ1) is 14.7. The number of nitrogens with two attached hydrogens (primary N) is 1. The molecular formula is C21H23BN2O7. The lowest BCUT2D eigenvalue weighted by Crippen LogP contribution is -2.58. The van der Waals surface area contributed by atoms with Gasteiger partial charge in [-0.15, -0.1) is 0 Å². The summed E-state index contributed by atoms with van der Waals surface area (Å²) in [4.78, 5) is 26.0. The number of amides is 1. The topological polar surface area (TPSA) is 143 Å². The standard InChI is InChI=1S/C21H23BN2O7/c1-11-2-4-14(15(25)8-11)18(23)20(26)24-9-13(10-24)30-16-5-3-12-6-7-22(29)31-19(12)17(16)21(27)28/h2-5,8,13,18,25,29H,6-7,9-10,23H2,1H3,(H,27,28). The SMILES string of the molecule is Cc1ccc(C(N)C(=O)N2CC(Oc3ccc4c(c3C(=O)O)OB(O)CC4)C2)c(O)c1. The zero-order valence-electron chi connectivity index (χ0n) is 16.9. The summed E-state index contributed by atoms with van der Waals surface area (Å²) < 4.78 is 11.2. The number of benzene rings is 2. The normalized spacial score (nSPS) is 16.7. The summed E-state index contributed by atoms with van der Waals surface area (Å²) in [5, 5.41) is 29.5. The highest BCUT2D eigenvalue weighted by atomic mass is 16.5. The maximum Gasteiger partial charge on any atom is 0.522 e. The summed E-state index contributed by atoms with van der Waals surface area (Å²) >= 11 is 0. The highest BCUT2D eigenvalue weighted by Crippen LogP contribution is 2.37. The van der Waals surface area contributed by atoms with Crippen LogP contribution in [0.15, 0.2) is 30.3 Å². The zero-order valence-corrected chi connectivity index (χ0v) is 16.9. The van der Waals surface area contributed by atoms with Gasteiger partial charge < -0.3 is 35.3 Å². The Morgan fingerprint density at radius 3 is 2.71 bits per heavy atom. The molecule has 4 rings (SSSR count). The number of fused-ring (bicyclic) bond motifs is 1. The second-order valence-electron chi connectivity index (χ2n) is 7.87. The minimum Gasteiger partial charge on any atom is -0.535 e. The first-order valence-corrected chi connectivity index (χ1v) is 9.99. The van der Waals surface area contributed by atoms with Gasteiger partial charge in [-0.1, -0.05) is 18.2 Å². The van der Waals surface area contributed by atoms with Gasteiger partial charge in [0.05, 0.1) is 13.1 Å². The Bertz CT molecular complexity index is 1040. The van der Waals surface area contributed by atoms with Gasteiger partial charge in [-0.25, -0.2) is 4.79 Å². The number of carboxylic acids is 1. The van der Waals surface area contributed by atoms with Gasteiger partial charge in [-0.3, -0.25) is 4.79 Å². The van der Waals surface area contributed by atoms with Crippen LogP contribution in [-0.2, 0) is 11.2 Å². The molecule has 0 bridgehead atoms. The van der Waals surface area contributed by atoms with Crippen molar-refractivity contribution >= 4 is 19.0 Å². The van der Waals surface area contributed by atoms with Crippen LogP contribution >= 0.6 is 0 Å². The third-order valence-electron chi connectivity index (χ3n) is 5.57. The molecule has 1 atom stereocenters. The molecule has 5 N–H and O–H groups in total. The van der Waals surface area contributed by atoms with Gasteiger partial charge in [0.15, 0.2) is 0 Å².